The number of benzene rings is 1. The predicted molar refractivity (Wildman–Crippen MR) is 93.3 cm³/mol. The molecule has 24 heavy (non-hydrogen) atoms. The number of aromatic nitrogens is 1. The van der Waals surface area contributed by atoms with Crippen LogP contribution < -0.4 is 5.73 Å². The molecule has 1 amide bonds. The number of nitrogens with zero attached hydrogens (tertiary/aromatic N) is 2. The highest BCUT2D eigenvalue weighted by molar-refractivity contribution is 5.77. The Morgan fingerprint density at radius 3 is 2.79 bits per heavy atom. The molecule has 1 aromatic heterocycles. The van der Waals surface area contributed by atoms with Crippen LogP contribution in [0.25, 0.3) is 11.3 Å². The zero-order valence-corrected chi connectivity index (χ0v) is 14.4. The molecule has 5 nitrogen and oxygen atoms in total. The summed E-state index contributed by atoms with van der Waals surface area (Å²) in [6.45, 7) is 5.45. The molecule has 2 heterocycles. The van der Waals surface area contributed by atoms with Crippen LogP contribution >= 0.6 is 0 Å². The highest BCUT2D eigenvalue weighted by Gasteiger charge is 2.31. The van der Waals surface area contributed by atoms with Crippen LogP contribution in [0.2, 0.25) is 0 Å². The average molecular weight is 327 g/mol. The van der Waals surface area contributed by atoms with Gasteiger partial charge in [0.05, 0.1) is 5.69 Å². The second-order valence-corrected chi connectivity index (χ2v) is 6.62. The normalized spacial score (nSPS) is 20.5. The minimum atomic E-state index is 0.163. The molecule has 0 radical (unpaired) electrons. The fraction of sp³-hybridized carbons (Fsp3) is 0.474. The van der Waals surface area contributed by atoms with Crippen LogP contribution in [-0.4, -0.2) is 34.9 Å². The summed E-state index contributed by atoms with van der Waals surface area (Å²) in [5.41, 5.74) is 7.61. The number of rotatable bonds is 5. The van der Waals surface area contributed by atoms with Gasteiger partial charge in [-0.25, -0.2) is 4.98 Å². The molecule has 5 heteroatoms. The first-order valence-corrected chi connectivity index (χ1v) is 8.59. The molecule has 0 saturated carbocycles. The van der Waals surface area contributed by atoms with E-state index in [-0.39, 0.29) is 11.9 Å². The van der Waals surface area contributed by atoms with Crippen LogP contribution in [0.15, 0.2) is 34.7 Å². The Labute approximate surface area is 142 Å². The highest BCUT2D eigenvalue weighted by atomic mass is 16.4. The molecule has 2 atom stereocenters. The maximum absolute atomic E-state index is 12.5. The Morgan fingerprint density at radius 2 is 2.12 bits per heavy atom. The number of carbonyl (C=O) groups excluding carboxylic acids is 1. The van der Waals surface area contributed by atoms with Gasteiger partial charge in [-0.2, -0.15) is 0 Å². The number of amides is 1. The van der Waals surface area contributed by atoms with Gasteiger partial charge in [0.1, 0.15) is 0 Å². The molecule has 128 valence electrons. The van der Waals surface area contributed by atoms with Gasteiger partial charge < -0.3 is 15.1 Å². The average Bonchev–Trinajstić information content (AvgIpc) is 3.16. The molecule has 1 aliphatic rings. The molecule has 1 aromatic carbocycles. The van der Waals surface area contributed by atoms with Gasteiger partial charge in [0, 0.05) is 31.0 Å². The Kier molecular flexibility index (Phi) is 5.00. The maximum atomic E-state index is 12.5. The number of aryl methyl sites for hydroxylation is 2. The first-order valence-electron chi connectivity index (χ1n) is 8.59. The van der Waals surface area contributed by atoms with Crippen LogP contribution in [0, 0.1) is 12.8 Å². The molecule has 2 unspecified atom stereocenters. The van der Waals surface area contributed by atoms with Crippen molar-refractivity contribution in [2.75, 3.05) is 13.1 Å². The summed E-state index contributed by atoms with van der Waals surface area (Å²) in [4.78, 5) is 18.9. The summed E-state index contributed by atoms with van der Waals surface area (Å²) < 4.78 is 5.88. The van der Waals surface area contributed by atoms with E-state index in [0.29, 0.717) is 31.2 Å². The fourth-order valence-corrected chi connectivity index (χ4v) is 3.43. The number of hydrogen-bond donors (Lipinski definition) is 1. The van der Waals surface area contributed by atoms with Crippen LogP contribution in [0.3, 0.4) is 0 Å². The van der Waals surface area contributed by atoms with Gasteiger partial charge in [-0.15, -0.1) is 0 Å². The monoisotopic (exact) mass is 327 g/mol. The van der Waals surface area contributed by atoms with Gasteiger partial charge in [-0.1, -0.05) is 30.3 Å². The zero-order valence-electron chi connectivity index (χ0n) is 14.4. The first-order chi connectivity index (χ1) is 11.6. The van der Waals surface area contributed by atoms with Crippen molar-refractivity contribution in [2.24, 2.45) is 11.7 Å². The number of hydrogen-bond acceptors (Lipinski definition) is 4. The third kappa shape index (κ3) is 3.51. The lowest BCUT2D eigenvalue weighted by atomic mass is 10.1. The van der Waals surface area contributed by atoms with Crippen molar-refractivity contribution < 1.29 is 9.21 Å². The van der Waals surface area contributed by atoms with Gasteiger partial charge >= 0.3 is 0 Å². The second kappa shape index (κ2) is 7.18. The first kappa shape index (κ1) is 16.7. The van der Waals surface area contributed by atoms with Crippen molar-refractivity contribution in [1.82, 2.24) is 9.88 Å². The summed E-state index contributed by atoms with van der Waals surface area (Å²) in [6.07, 6.45) is 1.96. The van der Waals surface area contributed by atoms with E-state index in [0.717, 1.165) is 30.0 Å². The lowest BCUT2D eigenvalue weighted by Crippen LogP contribution is -2.34. The quantitative estimate of drug-likeness (QED) is 0.916. The van der Waals surface area contributed by atoms with E-state index in [2.05, 4.69) is 11.9 Å². The van der Waals surface area contributed by atoms with Crippen molar-refractivity contribution in [1.29, 1.82) is 0 Å². The maximum Gasteiger partial charge on any atom is 0.223 e. The smallest absolute Gasteiger partial charge is 0.223 e. The Hall–Kier alpha value is -2.14. The Bertz CT molecular complexity index is 696. The molecule has 1 fully saturated rings. The van der Waals surface area contributed by atoms with Gasteiger partial charge in [-0.3, -0.25) is 4.79 Å². The van der Waals surface area contributed by atoms with Crippen LogP contribution in [0.5, 0.6) is 0 Å². The van der Waals surface area contributed by atoms with E-state index in [1.165, 1.54) is 0 Å². The molecule has 3 rings (SSSR count). The van der Waals surface area contributed by atoms with Gasteiger partial charge in [0.2, 0.25) is 5.91 Å². The minimum Gasteiger partial charge on any atom is -0.440 e. The number of nitrogens with two attached hydrogens (primary N) is 1. The van der Waals surface area contributed by atoms with Crippen molar-refractivity contribution >= 4 is 5.91 Å². The van der Waals surface area contributed by atoms with Crippen LogP contribution in [0.1, 0.15) is 31.4 Å². The van der Waals surface area contributed by atoms with Crippen LogP contribution in [-0.2, 0) is 11.2 Å². The predicted octanol–water partition coefficient (Wildman–Crippen LogP) is 2.78. The zero-order chi connectivity index (χ0) is 17.1. The lowest BCUT2D eigenvalue weighted by molar-refractivity contribution is -0.131. The Balaban J connectivity index is 1.62. The highest BCUT2D eigenvalue weighted by Crippen LogP contribution is 2.26. The summed E-state index contributed by atoms with van der Waals surface area (Å²) >= 11 is 0. The molecule has 1 aliphatic heterocycles. The van der Waals surface area contributed by atoms with Crippen molar-refractivity contribution in [3.05, 3.63) is 41.9 Å². The minimum absolute atomic E-state index is 0.163. The summed E-state index contributed by atoms with van der Waals surface area (Å²) in [5.74, 6) is 2.01. The molecular weight excluding hydrogens is 302 g/mol. The van der Waals surface area contributed by atoms with E-state index < -0.39 is 0 Å². The van der Waals surface area contributed by atoms with E-state index in [9.17, 15) is 4.79 Å². The summed E-state index contributed by atoms with van der Waals surface area (Å²) in [5, 5.41) is 0. The Morgan fingerprint density at radius 1 is 1.38 bits per heavy atom. The van der Waals surface area contributed by atoms with Gasteiger partial charge in [0.25, 0.3) is 0 Å². The van der Waals surface area contributed by atoms with E-state index in [1.54, 1.807) is 0 Å². The molecule has 0 spiro atoms. The van der Waals surface area contributed by atoms with Gasteiger partial charge in [0.15, 0.2) is 11.7 Å². The molecule has 0 aliphatic carbocycles. The molecular formula is C19H25N3O2. The SMILES string of the molecule is Cc1nc(CCC(=O)N2CC(CN)CC2C)oc1-c1ccccc1. The van der Waals surface area contributed by atoms with Crippen LogP contribution in [0.4, 0.5) is 0 Å². The summed E-state index contributed by atoms with van der Waals surface area (Å²) in [6, 6.07) is 10.2. The molecule has 0 bridgehead atoms. The molecule has 1 saturated heterocycles. The number of oxazole rings is 1. The number of carbonyl (C=O) groups is 1. The van der Waals surface area contributed by atoms with E-state index >= 15 is 0 Å². The largest absolute Gasteiger partial charge is 0.440 e. The fourth-order valence-electron chi connectivity index (χ4n) is 3.43. The van der Waals surface area contributed by atoms with Crippen molar-refractivity contribution in [3.8, 4) is 11.3 Å². The van der Waals surface area contributed by atoms with Crippen molar-refractivity contribution in [3.63, 3.8) is 0 Å². The topological polar surface area (TPSA) is 72.4 Å². The van der Waals surface area contributed by atoms with Gasteiger partial charge in [-0.05, 0) is 32.7 Å². The number of likely N-dealkylation sites (tertiary alicyclic amines) is 1. The van der Waals surface area contributed by atoms with Crippen molar-refractivity contribution in [2.45, 2.75) is 39.2 Å². The van der Waals surface area contributed by atoms with E-state index in [1.807, 2.05) is 42.2 Å². The molecule has 2 N–H and O–H groups in total. The second-order valence-electron chi connectivity index (χ2n) is 6.62. The van der Waals surface area contributed by atoms with E-state index in [4.69, 9.17) is 10.2 Å². The lowest BCUT2D eigenvalue weighted by Gasteiger charge is -2.21. The summed E-state index contributed by atoms with van der Waals surface area (Å²) in [7, 11) is 0. The molecule has 2 aromatic rings. The third-order valence-electron chi connectivity index (χ3n) is 4.74. The third-order valence-corrected chi connectivity index (χ3v) is 4.74. The standard InChI is InChI=1S/C19H25N3O2/c1-13-10-15(11-20)12-22(13)18(23)9-8-17-21-14(2)19(24-17)16-6-4-3-5-7-16/h3-7,13,15H,8-12,20H2,1-2H3.